The maximum Gasteiger partial charge on any atom is 0.325 e. The fourth-order valence-corrected chi connectivity index (χ4v) is 3.43. The molecule has 0 aromatic heterocycles. The Morgan fingerprint density at radius 3 is 2.81 bits per heavy atom. The van der Waals surface area contributed by atoms with Gasteiger partial charge in [-0.2, -0.15) is 0 Å². The SMILES string of the molecule is CC(C)(C)OC(=O)CNC(=O)c1cc(N2CCN3C=CCC3C2)ccc1N. The number of hydrogen-bond donors (Lipinski definition) is 2. The number of ether oxygens (including phenoxy) is 1. The molecule has 1 saturated heterocycles. The fraction of sp³-hybridized carbons (Fsp3) is 0.500. The minimum Gasteiger partial charge on any atom is -0.459 e. The van der Waals surface area contributed by atoms with Crippen LogP contribution in [-0.2, 0) is 9.53 Å². The molecule has 2 heterocycles. The van der Waals surface area contributed by atoms with E-state index in [0.717, 1.165) is 31.7 Å². The maximum absolute atomic E-state index is 12.5. The Labute approximate surface area is 160 Å². The first-order chi connectivity index (χ1) is 12.7. The van der Waals surface area contributed by atoms with Crippen molar-refractivity contribution in [2.45, 2.75) is 38.8 Å². The van der Waals surface area contributed by atoms with Gasteiger partial charge in [-0.15, -0.1) is 0 Å². The van der Waals surface area contributed by atoms with Crippen LogP contribution in [0.2, 0.25) is 0 Å². The summed E-state index contributed by atoms with van der Waals surface area (Å²) in [7, 11) is 0. The lowest BCUT2D eigenvalue weighted by Crippen LogP contribution is -2.49. The van der Waals surface area contributed by atoms with Gasteiger partial charge in [0.15, 0.2) is 0 Å². The molecule has 3 rings (SSSR count). The number of hydrogen-bond acceptors (Lipinski definition) is 6. The smallest absolute Gasteiger partial charge is 0.325 e. The second-order valence-corrected chi connectivity index (χ2v) is 8.00. The minimum atomic E-state index is -0.585. The number of nitrogens with one attached hydrogen (secondary N) is 1. The molecular weight excluding hydrogens is 344 g/mol. The predicted molar refractivity (Wildman–Crippen MR) is 105 cm³/mol. The van der Waals surface area contributed by atoms with E-state index in [2.05, 4.69) is 27.4 Å². The number of carbonyl (C=O) groups excluding carboxylic acids is 2. The molecule has 1 aromatic rings. The van der Waals surface area contributed by atoms with E-state index in [1.807, 2.05) is 6.07 Å². The summed E-state index contributed by atoms with van der Waals surface area (Å²) >= 11 is 0. The van der Waals surface area contributed by atoms with Crippen molar-refractivity contribution in [1.82, 2.24) is 10.2 Å². The van der Waals surface area contributed by atoms with Crippen LogP contribution in [0.25, 0.3) is 0 Å². The van der Waals surface area contributed by atoms with Gasteiger partial charge < -0.3 is 25.6 Å². The molecule has 2 aliphatic heterocycles. The number of rotatable bonds is 4. The van der Waals surface area contributed by atoms with E-state index >= 15 is 0 Å². The molecule has 0 spiro atoms. The summed E-state index contributed by atoms with van der Waals surface area (Å²) in [4.78, 5) is 29.0. The maximum atomic E-state index is 12.5. The van der Waals surface area contributed by atoms with Crippen LogP contribution < -0.4 is 16.0 Å². The zero-order valence-electron chi connectivity index (χ0n) is 16.2. The first-order valence-electron chi connectivity index (χ1n) is 9.30. The molecule has 0 aliphatic carbocycles. The van der Waals surface area contributed by atoms with E-state index < -0.39 is 11.6 Å². The van der Waals surface area contributed by atoms with Gasteiger partial charge in [-0.3, -0.25) is 9.59 Å². The molecule has 0 bridgehead atoms. The van der Waals surface area contributed by atoms with E-state index in [-0.39, 0.29) is 12.5 Å². The van der Waals surface area contributed by atoms with Gasteiger partial charge in [0.05, 0.1) is 5.56 Å². The molecule has 0 saturated carbocycles. The number of piperazine rings is 1. The van der Waals surface area contributed by atoms with E-state index in [0.29, 0.717) is 17.3 Å². The van der Waals surface area contributed by atoms with Crippen molar-refractivity contribution in [1.29, 1.82) is 0 Å². The molecule has 3 N–H and O–H groups in total. The molecule has 1 unspecified atom stereocenters. The summed E-state index contributed by atoms with van der Waals surface area (Å²) in [5.41, 5.74) is 7.15. The van der Waals surface area contributed by atoms with Gasteiger partial charge in [0.2, 0.25) is 0 Å². The van der Waals surface area contributed by atoms with Gasteiger partial charge in [0.1, 0.15) is 12.1 Å². The van der Waals surface area contributed by atoms with Crippen molar-refractivity contribution in [2.75, 3.05) is 36.8 Å². The second-order valence-electron chi connectivity index (χ2n) is 8.00. The molecule has 1 aromatic carbocycles. The zero-order valence-corrected chi connectivity index (χ0v) is 16.2. The molecular formula is C20H28N4O3. The number of carbonyl (C=O) groups is 2. The van der Waals surface area contributed by atoms with Crippen LogP contribution in [0, 0.1) is 0 Å². The molecule has 1 atom stereocenters. The standard InChI is InChI=1S/C20H28N4O3/c1-20(2,3)27-18(25)12-22-19(26)16-11-14(6-7-17(16)21)24-10-9-23-8-4-5-15(23)13-24/h4,6-8,11,15H,5,9-10,12-13,21H2,1-3H3,(H,22,26). The predicted octanol–water partition coefficient (Wildman–Crippen LogP) is 1.75. The largest absolute Gasteiger partial charge is 0.459 e. The average Bonchev–Trinajstić information content (AvgIpc) is 3.06. The summed E-state index contributed by atoms with van der Waals surface area (Å²) in [6.07, 6.45) is 5.42. The summed E-state index contributed by atoms with van der Waals surface area (Å²) in [5, 5.41) is 2.60. The average molecular weight is 372 g/mol. The number of nitrogens with two attached hydrogens (primary N) is 1. The number of anilines is 2. The van der Waals surface area contributed by atoms with Gasteiger partial charge >= 0.3 is 5.97 Å². The number of nitrogens with zero attached hydrogens (tertiary/aromatic N) is 2. The number of esters is 1. The normalized spacial score (nSPS) is 19.0. The number of fused-ring (bicyclic) bond motifs is 1. The van der Waals surface area contributed by atoms with E-state index in [1.165, 1.54) is 0 Å². The van der Waals surface area contributed by atoms with Crippen molar-refractivity contribution >= 4 is 23.3 Å². The lowest BCUT2D eigenvalue weighted by atomic mass is 10.1. The van der Waals surface area contributed by atoms with Crippen LogP contribution in [0.1, 0.15) is 37.6 Å². The van der Waals surface area contributed by atoms with Crippen molar-refractivity contribution < 1.29 is 14.3 Å². The fourth-order valence-electron chi connectivity index (χ4n) is 3.43. The Morgan fingerprint density at radius 2 is 2.07 bits per heavy atom. The Bertz CT molecular complexity index is 754. The number of nitrogen functional groups attached to an aromatic ring is 1. The second kappa shape index (κ2) is 7.50. The molecule has 1 fully saturated rings. The van der Waals surface area contributed by atoms with Crippen molar-refractivity contribution in [3.8, 4) is 0 Å². The third-order valence-electron chi connectivity index (χ3n) is 4.69. The van der Waals surface area contributed by atoms with Gasteiger partial charge in [0, 0.05) is 37.1 Å². The number of benzene rings is 1. The summed E-state index contributed by atoms with van der Waals surface area (Å²) in [6, 6.07) is 5.98. The molecule has 7 nitrogen and oxygen atoms in total. The monoisotopic (exact) mass is 372 g/mol. The topological polar surface area (TPSA) is 87.9 Å². The van der Waals surface area contributed by atoms with Crippen LogP contribution >= 0.6 is 0 Å². The molecule has 0 radical (unpaired) electrons. The lowest BCUT2D eigenvalue weighted by molar-refractivity contribution is -0.153. The lowest BCUT2D eigenvalue weighted by Gasteiger charge is -2.39. The molecule has 1 amide bonds. The molecule has 2 aliphatic rings. The quantitative estimate of drug-likeness (QED) is 0.618. The van der Waals surface area contributed by atoms with E-state index in [4.69, 9.17) is 10.5 Å². The Morgan fingerprint density at radius 1 is 1.30 bits per heavy atom. The first-order valence-corrected chi connectivity index (χ1v) is 9.30. The van der Waals surface area contributed by atoms with Gasteiger partial charge in [-0.1, -0.05) is 6.08 Å². The highest BCUT2D eigenvalue weighted by atomic mass is 16.6. The van der Waals surface area contributed by atoms with Crippen molar-refractivity contribution in [2.24, 2.45) is 0 Å². The number of amides is 1. The minimum absolute atomic E-state index is 0.188. The van der Waals surface area contributed by atoms with E-state index in [9.17, 15) is 9.59 Å². The summed E-state index contributed by atoms with van der Waals surface area (Å²) in [5.74, 6) is -0.850. The van der Waals surface area contributed by atoms with E-state index in [1.54, 1.807) is 32.9 Å². The third kappa shape index (κ3) is 4.72. The van der Waals surface area contributed by atoms with Crippen molar-refractivity contribution in [3.63, 3.8) is 0 Å². The Kier molecular flexibility index (Phi) is 5.30. The van der Waals surface area contributed by atoms with Gasteiger partial charge in [-0.05, 0) is 51.6 Å². The van der Waals surface area contributed by atoms with Gasteiger partial charge in [-0.25, -0.2) is 0 Å². The van der Waals surface area contributed by atoms with Crippen LogP contribution in [0.5, 0.6) is 0 Å². The van der Waals surface area contributed by atoms with Crippen molar-refractivity contribution in [3.05, 3.63) is 36.0 Å². The van der Waals surface area contributed by atoms with Crippen LogP contribution in [0.4, 0.5) is 11.4 Å². The van der Waals surface area contributed by atoms with Gasteiger partial charge in [0.25, 0.3) is 5.91 Å². The summed E-state index contributed by atoms with van der Waals surface area (Å²) < 4.78 is 5.21. The van der Waals surface area contributed by atoms with Crippen LogP contribution in [0.15, 0.2) is 30.5 Å². The van der Waals surface area contributed by atoms with Crippen LogP contribution in [0.3, 0.4) is 0 Å². The Balaban J connectivity index is 1.64. The first kappa shape index (κ1) is 19.1. The molecule has 27 heavy (non-hydrogen) atoms. The highest BCUT2D eigenvalue weighted by molar-refractivity contribution is 6.01. The molecule has 7 heteroatoms. The molecule has 146 valence electrons. The highest BCUT2D eigenvalue weighted by Crippen LogP contribution is 2.26. The Hall–Kier alpha value is -2.70. The summed E-state index contributed by atoms with van der Waals surface area (Å²) in [6.45, 7) is 7.94. The zero-order chi connectivity index (χ0) is 19.6. The third-order valence-corrected chi connectivity index (χ3v) is 4.69. The highest BCUT2D eigenvalue weighted by Gasteiger charge is 2.27. The van der Waals surface area contributed by atoms with Crippen LogP contribution in [-0.4, -0.2) is 54.6 Å².